The molecule has 6 heteroatoms. The average molecular weight is 321 g/mol. The Morgan fingerprint density at radius 1 is 1.43 bits per heavy atom. The number of rotatable bonds is 6. The van der Waals surface area contributed by atoms with Gasteiger partial charge in [0.2, 0.25) is 0 Å². The van der Waals surface area contributed by atoms with Crippen LogP contribution in [-0.4, -0.2) is 53.7 Å². The summed E-state index contributed by atoms with van der Waals surface area (Å²) in [7, 11) is 1.56. The number of methoxy groups -OCH3 is 1. The zero-order valence-electron chi connectivity index (χ0n) is 13.3. The number of benzene rings is 1. The molecule has 2 aliphatic rings. The van der Waals surface area contributed by atoms with Crippen LogP contribution in [0.1, 0.15) is 30.9 Å². The monoisotopic (exact) mass is 321 g/mol. The van der Waals surface area contributed by atoms with Crippen molar-refractivity contribution in [2.75, 3.05) is 27.1 Å². The number of aliphatic carboxylic acids is 1. The Balaban J connectivity index is 1.99. The molecule has 0 aliphatic carbocycles. The van der Waals surface area contributed by atoms with Crippen LogP contribution in [0.3, 0.4) is 0 Å². The summed E-state index contributed by atoms with van der Waals surface area (Å²) < 4.78 is 10.6. The summed E-state index contributed by atoms with van der Waals surface area (Å²) in [4.78, 5) is 14.0. The number of aliphatic hydroxyl groups excluding tert-OH is 1. The molecule has 0 spiro atoms. The van der Waals surface area contributed by atoms with Crippen molar-refractivity contribution in [3.05, 3.63) is 29.8 Å². The number of nitrogens with zero attached hydrogens (tertiary/aromatic N) is 1. The third-order valence-corrected chi connectivity index (χ3v) is 5.12. The Bertz CT molecular complexity index is 578. The van der Waals surface area contributed by atoms with Crippen molar-refractivity contribution in [2.24, 2.45) is 5.92 Å². The molecule has 0 saturated carbocycles. The van der Waals surface area contributed by atoms with Gasteiger partial charge in [-0.05, 0) is 31.9 Å². The molecule has 2 aliphatic heterocycles. The molecule has 0 amide bonds. The van der Waals surface area contributed by atoms with Crippen LogP contribution >= 0.6 is 0 Å². The maximum absolute atomic E-state index is 11.9. The molecule has 6 nitrogen and oxygen atoms in total. The Labute approximate surface area is 135 Å². The van der Waals surface area contributed by atoms with Gasteiger partial charge in [0.25, 0.3) is 0 Å². The lowest BCUT2D eigenvalue weighted by molar-refractivity contribution is -0.148. The van der Waals surface area contributed by atoms with Crippen molar-refractivity contribution in [1.82, 2.24) is 4.90 Å². The van der Waals surface area contributed by atoms with E-state index in [4.69, 9.17) is 9.47 Å². The van der Waals surface area contributed by atoms with Crippen LogP contribution in [0.5, 0.6) is 5.75 Å². The lowest BCUT2D eigenvalue weighted by Gasteiger charge is -2.32. The second-order valence-electron chi connectivity index (χ2n) is 6.31. The molecule has 0 radical (unpaired) electrons. The largest absolute Gasteiger partial charge is 0.480 e. The van der Waals surface area contributed by atoms with Crippen LogP contribution < -0.4 is 4.74 Å². The number of carboxylic acids is 1. The second kappa shape index (κ2) is 6.47. The van der Waals surface area contributed by atoms with E-state index in [9.17, 15) is 15.0 Å². The van der Waals surface area contributed by atoms with Crippen molar-refractivity contribution in [1.29, 1.82) is 0 Å². The quantitative estimate of drug-likeness (QED) is 0.776. The zero-order chi connectivity index (χ0) is 16.4. The van der Waals surface area contributed by atoms with E-state index in [1.807, 2.05) is 29.2 Å². The van der Waals surface area contributed by atoms with Gasteiger partial charge in [-0.15, -0.1) is 0 Å². The van der Waals surface area contributed by atoms with E-state index >= 15 is 0 Å². The number of ether oxygens (including phenoxy) is 2. The number of hydrogen-bond donors (Lipinski definition) is 2. The molecule has 3 rings (SSSR count). The van der Waals surface area contributed by atoms with E-state index in [2.05, 4.69) is 0 Å². The van der Waals surface area contributed by atoms with Crippen molar-refractivity contribution < 1.29 is 24.5 Å². The fourth-order valence-corrected chi connectivity index (χ4v) is 4.21. The fraction of sp³-hybridized carbons (Fsp3) is 0.588. The van der Waals surface area contributed by atoms with Crippen LogP contribution in [-0.2, 0) is 9.53 Å². The van der Waals surface area contributed by atoms with Gasteiger partial charge in [-0.2, -0.15) is 0 Å². The lowest BCUT2D eigenvalue weighted by atomic mass is 9.87. The van der Waals surface area contributed by atoms with Crippen LogP contribution in [0, 0.1) is 5.92 Å². The lowest BCUT2D eigenvalue weighted by Crippen LogP contribution is -2.46. The zero-order valence-corrected chi connectivity index (χ0v) is 13.3. The fourth-order valence-electron chi connectivity index (χ4n) is 4.21. The van der Waals surface area contributed by atoms with Gasteiger partial charge >= 0.3 is 5.97 Å². The number of carbonyl (C=O) groups is 1. The van der Waals surface area contributed by atoms with Crippen LogP contribution in [0.2, 0.25) is 0 Å². The first-order chi connectivity index (χ1) is 11.1. The van der Waals surface area contributed by atoms with E-state index in [0.717, 1.165) is 18.5 Å². The molecule has 2 N–H and O–H groups in total. The van der Waals surface area contributed by atoms with Gasteiger partial charge in [-0.1, -0.05) is 18.2 Å². The van der Waals surface area contributed by atoms with Crippen molar-refractivity contribution >= 4 is 5.97 Å². The van der Waals surface area contributed by atoms with E-state index < -0.39 is 11.5 Å². The third-order valence-electron chi connectivity index (χ3n) is 5.12. The predicted octanol–water partition coefficient (Wildman–Crippen LogP) is 1.64. The van der Waals surface area contributed by atoms with Gasteiger partial charge < -0.3 is 19.7 Å². The highest BCUT2D eigenvalue weighted by Crippen LogP contribution is 2.53. The van der Waals surface area contributed by atoms with E-state index in [1.165, 1.54) is 0 Å². The number of hydrogen-bond acceptors (Lipinski definition) is 5. The first kappa shape index (κ1) is 16.2. The normalized spacial score (nSPS) is 30.3. The van der Waals surface area contributed by atoms with Gasteiger partial charge in [-0.3, -0.25) is 9.69 Å². The maximum atomic E-state index is 11.9. The molecule has 1 aromatic carbocycles. The molecule has 2 heterocycles. The van der Waals surface area contributed by atoms with Crippen LogP contribution in [0.25, 0.3) is 0 Å². The Morgan fingerprint density at radius 3 is 2.91 bits per heavy atom. The molecule has 3 atom stereocenters. The summed E-state index contributed by atoms with van der Waals surface area (Å²) in [6, 6.07) is 7.46. The van der Waals surface area contributed by atoms with Gasteiger partial charge in [-0.25, -0.2) is 0 Å². The van der Waals surface area contributed by atoms with E-state index in [-0.39, 0.29) is 25.4 Å². The molecular formula is C17H23NO5. The molecule has 2 saturated heterocycles. The summed E-state index contributed by atoms with van der Waals surface area (Å²) in [6.07, 6.45) is 1.97. The highest BCUT2D eigenvalue weighted by molar-refractivity contribution is 5.80. The topological polar surface area (TPSA) is 79.2 Å². The molecule has 1 aromatic rings. The molecule has 126 valence electrons. The molecule has 0 bridgehead atoms. The number of fused-ring (bicyclic) bond motifs is 1. The molecule has 0 unspecified atom stereocenters. The van der Waals surface area contributed by atoms with Gasteiger partial charge in [0.15, 0.2) is 6.79 Å². The Kier molecular flexibility index (Phi) is 4.57. The van der Waals surface area contributed by atoms with Gasteiger partial charge in [0.1, 0.15) is 11.3 Å². The first-order valence-electron chi connectivity index (χ1n) is 7.95. The van der Waals surface area contributed by atoms with Crippen molar-refractivity contribution in [3.8, 4) is 5.75 Å². The summed E-state index contributed by atoms with van der Waals surface area (Å²) in [5.41, 5.74) is 0.0699. The number of carboxylic acid groups (broad SMARTS) is 1. The Hall–Kier alpha value is -1.63. The minimum atomic E-state index is -0.855. The molecule has 23 heavy (non-hydrogen) atoms. The smallest absolute Gasteiger partial charge is 0.324 e. The van der Waals surface area contributed by atoms with Gasteiger partial charge in [0.05, 0.1) is 0 Å². The highest BCUT2D eigenvalue weighted by Gasteiger charge is 2.58. The predicted molar refractivity (Wildman–Crippen MR) is 83.2 cm³/mol. The standard InChI is InChI=1S/C17H23NO5/c1-22-11-23-14-6-3-2-5-13(14)15-12(10-19)9-17(16(20)21)7-4-8-18(15)17/h2-3,5-6,12,15,19H,4,7-11H2,1H3,(H,20,21)/t12-,15-,17-/m0/s1. The average Bonchev–Trinajstić information content (AvgIpc) is 3.10. The molecular weight excluding hydrogens is 298 g/mol. The molecule has 2 fully saturated rings. The van der Waals surface area contributed by atoms with Crippen molar-refractivity contribution in [3.63, 3.8) is 0 Å². The van der Waals surface area contributed by atoms with Crippen LogP contribution in [0.4, 0.5) is 0 Å². The number of aliphatic hydroxyl groups is 1. The third kappa shape index (κ3) is 2.60. The summed E-state index contributed by atoms with van der Waals surface area (Å²) in [5, 5.41) is 19.6. The van der Waals surface area contributed by atoms with Crippen LogP contribution in [0.15, 0.2) is 24.3 Å². The summed E-state index contributed by atoms with van der Waals surface area (Å²) in [5.74, 6) is -0.212. The second-order valence-corrected chi connectivity index (χ2v) is 6.31. The first-order valence-corrected chi connectivity index (χ1v) is 7.95. The minimum Gasteiger partial charge on any atom is -0.480 e. The number of para-hydroxylation sites is 1. The van der Waals surface area contributed by atoms with E-state index in [0.29, 0.717) is 18.6 Å². The Morgan fingerprint density at radius 2 is 2.22 bits per heavy atom. The van der Waals surface area contributed by atoms with E-state index in [1.54, 1.807) is 7.11 Å². The van der Waals surface area contributed by atoms with Crippen molar-refractivity contribution in [2.45, 2.75) is 30.8 Å². The maximum Gasteiger partial charge on any atom is 0.324 e. The highest BCUT2D eigenvalue weighted by atomic mass is 16.7. The minimum absolute atomic E-state index is 0.0329. The van der Waals surface area contributed by atoms with Gasteiger partial charge in [0, 0.05) is 31.2 Å². The summed E-state index contributed by atoms with van der Waals surface area (Å²) >= 11 is 0. The summed E-state index contributed by atoms with van der Waals surface area (Å²) in [6.45, 7) is 0.832. The molecule has 0 aromatic heterocycles. The SMILES string of the molecule is COCOc1ccccc1[C@@H]1[C@H](CO)C[C@]2(C(=O)O)CCCN12.